The third-order valence-corrected chi connectivity index (χ3v) is 5.72. The molecule has 2 aromatic carbocycles. The van der Waals surface area contributed by atoms with Gasteiger partial charge in [0.2, 0.25) is 0 Å². The molecule has 0 unspecified atom stereocenters. The molecule has 0 saturated heterocycles. The second kappa shape index (κ2) is 8.12. The van der Waals surface area contributed by atoms with Gasteiger partial charge < -0.3 is 14.0 Å². The Bertz CT molecular complexity index is 1320. The number of hydrogen-bond acceptors (Lipinski definition) is 5. The molecule has 0 radical (unpaired) electrons. The summed E-state index contributed by atoms with van der Waals surface area (Å²) in [7, 11) is 1.79. The Morgan fingerprint density at radius 2 is 2.06 bits per heavy atom. The highest BCUT2D eigenvalue weighted by Crippen LogP contribution is 2.26. The van der Waals surface area contributed by atoms with E-state index in [-0.39, 0.29) is 6.61 Å². The first kappa shape index (κ1) is 20.3. The van der Waals surface area contributed by atoms with Gasteiger partial charge in [-0.05, 0) is 37.1 Å². The lowest BCUT2D eigenvalue weighted by Crippen LogP contribution is -2.16. The van der Waals surface area contributed by atoms with Crippen LogP contribution in [-0.4, -0.2) is 32.0 Å². The van der Waals surface area contributed by atoms with Crippen LogP contribution in [0.3, 0.4) is 0 Å². The van der Waals surface area contributed by atoms with Crippen molar-refractivity contribution in [2.45, 2.75) is 33.6 Å². The molecule has 1 amide bonds. The normalized spacial score (nSPS) is 13.2. The number of anilines is 1. The van der Waals surface area contributed by atoms with Crippen LogP contribution in [0.15, 0.2) is 42.5 Å². The van der Waals surface area contributed by atoms with E-state index in [0.717, 1.165) is 45.8 Å². The van der Waals surface area contributed by atoms with E-state index in [4.69, 9.17) is 9.47 Å². The molecule has 0 atom stereocenters. The van der Waals surface area contributed by atoms with Crippen LogP contribution in [0.2, 0.25) is 0 Å². The highest BCUT2D eigenvalue weighted by molar-refractivity contribution is 5.85. The molecule has 0 bridgehead atoms. The van der Waals surface area contributed by atoms with Gasteiger partial charge in [-0.15, -0.1) is 0 Å². The highest BCUT2D eigenvalue weighted by atomic mass is 16.5. The Morgan fingerprint density at radius 1 is 1.19 bits per heavy atom. The molecule has 8 heteroatoms. The number of fused-ring (bicyclic) bond motifs is 3. The monoisotopic (exact) mass is 431 g/mol. The molecule has 0 fully saturated rings. The van der Waals surface area contributed by atoms with Gasteiger partial charge in [0.05, 0.1) is 23.3 Å². The van der Waals surface area contributed by atoms with E-state index in [1.807, 2.05) is 30.3 Å². The lowest BCUT2D eigenvalue weighted by atomic mass is 10.0. The summed E-state index contributed by atoms with van der Waals surface area (Å²) < 4.78 is 14.7. The largest absolute Gasteiger partial charge is 0.444 e. The predicted octanol–water partition coefficient (Wildman–Crippen LogP) is 4.33. The van der Waals surface area contributed by atoms with Crippen LogP contribution in [-0.2, 0) is 36.3 Å². The Hall–Kier alpha value is -3.65. The van der Waals surface area contributed by atoms with Crippen LogP contribution in [0.1, 0.15) is 22.5 Å². The van der Waals surface area contributed by atoms with Crippen molar-refractivity contribution in [3.8, 4) is 11.3 Å². The molecular weight excluding hydrogens is 406 g/mol. The van der Waals surface area contributed by atoms with Crippen molar-refractivity contribution in [1.82, 2.24) is 19.3 Å². The van der Waals surface area contributed by atoms with Gasteiger partial charge in [-0.25, -0.2) is 9.78 Å². The SMILES string of the molecule is Cc1ccc(-c2cc(NC(=O)OCc3ccc4c(c3)nc3n4CCOC3)n(C)n2)c(C)c1. The molecule has 1 N–H and O–H groups in total. The number of rotatable bonds is 4. The number of carbonyl (C=O) groups excluding carboxylic acids is 1. The molecule has 164 valence electrons. The number of aromatic nitrogens is 4. The van der Waals surface area contributed by atoms with E-state index in [1.54, 1.807) is 11.7 Å². The average Bonchev–Trinajstić information content (AvgIpc) is 3.32. The number of carbonyl (C=O) groups is 1. The Labute approximate surface area is 185 Å². The van der Waals surface area contributed by atoms with Crippen LogP contribution in [0, 0.1) is 13.8 Å². The van der Waals surface area contributed by atoms with Crippen LogP contribution < -0.4 is 5.32 Å². The molecule has 1 aliphatic rings. The number of nitrogens with zero attached hydrogens (tertiary/aromatic N) is 4. The van der Waals surface area contributed by atoms with E-state index >= 15 is 0 Å². The van der Waals surface area contributed by atoms with Gasteiger partial charge >= 0.3 is 6.09 Å². The molecule has 0 spiro atoms. The molecular formula is C24H25N5O3. The van der Waals surface area contributed by atoms with Gasteiger partial charge in [0, 0.05) is 25.2 Å². The second-order valence-electron chi connectivity index (χ2n) is 8.11. The number of aryl methyl sites for hydroxylation is 3. The van der Waals surface area contributed by atoms with E-state index in [1.165, 1.54) is 5.56 Å². The number of ether oxygens (including phenoxy) is 2. The lowest BCUT2D eigenvalue weighted by molar-refractivity contribution is 0.0830. The Morgan fingerprint density at radius 3 is 2.91 bits per heavy atom. The van der Waals surface area contributed by atoms with Crippen molar-refractivity contribution < 1.29 is 14.3 Å². The number of imidazole rings is 1. The summed E-state index contributed by atoms with van der Waals surface area (Å²) in [5.41, 5.74) is 7.02. The van der Waals surface area contributed by atoms with Gasteiger partial charge in [0.15, 0.2) is 0 Å². The van der Waals surface area contributed by atoms with Crippen molar-refractivity contribution in [2.24, 2.45) is 7.05 Å². The summed E-state index contributed by atoms with van der Waals surface area (Å²) in [4.78, 5) is 17.0. The van der Waals surface area contributed by atoms with Crippen LogP contribution >= 0.6 is 0 Å². The fraction of sp³-hybridized carbons (Fsp3) is 0.292. The maximum atomic E-state index is 12.4. The molecule has 1 aliphatic heterocycles. The van der Waals surface area contributed by atoms with Crippen LogP contribution in [0.5, 0.6) is 0 Å². The first-order valence-corrected chi connectivity index (χ1v) is 10.6. The second-order valence-corrected chi connectivity index (χ2v) is 8.11. The van der Waals surface area contributed by atoms with E-state index in [0.29, 0.717) is 19.0 Å². The van der Waals surface area contributed by atoms with E-state index in [2.05, 4.69) is 45.9 Å². The predicted molar refractivity (Wildman–Crippen MR) is 121 cm³/mol. The topological polar surface area (TPSA) is 83.2 Å². The molecule has 0 aliphatic carbocycles. The zero-order valence-electron chi connectivity index (χ0n) is 18.4. The first-order valence-electron chi connectivity index (χ1n) is 10.6. The minimum Gasteiger partial charge on any atom is -0.444 e. The van der Waals surface area contributed by atoms with Gasteiger partial charge in [-0.2, -0.15) is 5.10 Å². The van der Waals surface area contributed by atoms with Crippen LogP contribution in [0.4, 0.5) is 10.6 Å². The molecule has 5 rings (SSSR count). The van der Waals surface area contributed by atoms with Crippen molar-refractivity contribution in [3.63, 3.8) is 0 Å². The van der Waals surface area contributed by atoms with Gasteiger partial charge in [0.1, 0.15) is 24.9 Å². The molecule has 3 heterocycles. The summed E-state index contributed by atoms with van der Waals surface area (Å²) >= 11 is 0. The zero-order chi connectivity index (χ0) is 22.2. The zero-order valence-corrected chi connectivity index (χ0v) is 18.4. The quantitative estimate of drug-likeness (QED) is 0.520. The smallest absolute Gasteiger partial charge is 0.413 e. The standard InChI is InChI=1S/C24H25N5O3/c1-15-4-6-18(16(2)10-15)19-12-22(28(3)27-19)26-24(30)32-13-17-5-7-21-20(11-17)25-23-14-31-9-8-29(21)23/h4-7,10-12H,8-9,13-14H2,1-3H3,(H,26,30). The third kappa shape index (κ3) is 3.85. The van der Waals surface area contributed by atoms with Crippen molar-refractivity contribution in [2.75, 3.05) is 11.9 Å². The lowest BCUT2D eigenvalue weighted by Gasteiger charge is -2.14. The number of benzene rings is 2. The fourth-order valence-electron chi connectivity index (χ4n) is 4.10. The summed E-state index contributed by atoms with van der Waals surface area (Å²) in [5.74, 6) is 1.50. The summed E-state index contributed by atoms with van der Waals surface area (Å²) in [6.07, 6.45) is -0.530. The molecule has 2 aromatic heterocycles. The van der Waals surface area contributed by atoms with Crippen LogP contribution in [0.25, 0.3) is 22.3 Å². The molecule has 0 saturated carbocycles. The summed E-state index contributed by atoms with van der Waals surface area (Å²) in [6, 6.07) is 14.0. The van der Waals surface area contributed by atoms with Gasteiger partial charge in [-0.1, -0.05) is 29.8 Å². The molecule has 32 heavy (non-hydrogen) atoms. The summed E-state index contributed by atoms with van der Waals surface area (Å²) in [5, 5.41) is 7.32. The van der Waals surface area contributed by atoms with Crippen molar-refractivity contribution >= 4 is 22.9 Å². The van der Waals surface area contributed by atoms with Crippen molar-refractivity contribution in [1.29, 1.82) is 0 Å². The van der Waals surface area contributed by atoms with Crippen molar-refractivity contribution in [3.05, 3.63) is 65.0 Å². The highest BCUT2D eigenvalue weighted by Gasteiger charge is 2.16. The fourth-order valence-corrected chi connectivity index (χ4v) is 4.10. The van der Waals surface area contributed by atoms with E-state index in [9.17, 15) is 4.79 Å². The maximum absolute atomic E-state index is 12.4. The van der Waals surface area contributed by atoms with Gasteiger partial charge in [-0.3, -0.25) is 10.00 Å². The van der Waals surface area contributed by atoms with E-state index < -0.39 is 6.09 Å². The first-order chi connectivity index (χ1) is 15.5. The number of amides is 1. The third-order valence-electron chi connectivity index (χ3n) is 5.72. The Kier molecular flexibility index (Phi) is 5.14. The maximum Gasteiger partial charge on any atom is 0.413 e. The number of nitrogens with one attached hydrogen (secondary N) is 1. The Balaban J connectivity index is 1.26. The van der Waals surface area contributed by atoms with Gasteiger partial charge in [0.25, 0.3) is 0 Å². The minimum atomic E-state index is -0.530. The molecule has 4 aromatic rings. The summed E-state index contributed by atoms with van der Waals surface area (Å²) in [6.45, 7) is 6.30. The minimum absolute atomic E-state index is 0.155. The number of hydrogen-bond donors (Lipinski definition) is 1. The molecule has 8 nitrogen and oxygen atoms in total. The average molecular weight is 431 g/mol.